The van der Waals surface area contributed by atoms with Gasteiger partial charge in [0.15, 0.2) is 11.6 Å². The van der Waals surface area contributed by atoms with Crippen molar-refractivity contribution in [2.45, 2.75) is 18.7 Å². The van der Waals surface area contributed by atoms with Crippen LogP contribution in [-0.4, -0.2) is 15.2 Å². The Labute approximate surface area is 143 Å². The highest BCUT2D eigenvalue weighted by Crippen LogP contribution is 2.34. The highest BCUT2D eigenvalue weighted by atomic mass is 32.2. The van der Waals surface area contributed by atoms with Gasteiger partial charge in [0.25, 0.3) is 0 Å². The minimum absolute atomic E-state index is 0.0415. The summed E-state index contributed by atoms with van der Waals surface area (Å²) in [5.74, 6) is 0.353. The van der Waals surface area contributed by atoms with Crippen LogP contribution in [0.2, 0.25) is 0 Å². The van der Waals surface area contributed by atoms with Gasteiger partial charge in [-0.05, 0) is 49.1 Å². The van der Waals surface area contributed by atoms with Gasteiger partial charge in [-0.1, -0.05) is 23.2 Å². The standard InChI is InChI=1S/C17H16N2O4S/c1-10-6-8-14(21)17(18-10)19-22-23-24-15-5-3-4-12-7-9-13(20)11(2)16(12)15/h3-9,20-21H,1-2H3,(H,18,19). The van der Waals surface area contributed by atoms with Gasteiger partial charge < -0.3 is 10.2 Å². The van der Waals surface area contributed by atoms with Gasteiger partial charge in [-0.2, -0.15) is 0 Å². The van der Waals surface area contributed by atoms with E-state index in [-0.39, 0.29) is 17.3 Å². The predicted octanol–water partition coefficient (Wildman–Crippen LogP) is 4.25. The fraction of sp³-hybridized carbons (Fsp3) is 0.118. The van der Waals surface area contributed by atoms with Crippen molar-refractivity contribution >= 4 is 28.6 Å². The number of aromatic nitrogens is 1. The number of hydrogen-bond acceptors (Lipinski definition) is 7. The summed E-state index contributed by atoms with van der Waals surface area (Å²) >= 11 is 0.997. The number of fused-ring (bicyclic) bond motifs is 1. The third kappa shape index (κ3) is 3.38. The van der Waals surface area contributed by atoms with E-state index in [9.17, 15) is 10.2 Å². The Morgan fingerprint density at radius 1 is 1.00 bits per heavy atom. The normalized spacial score (nSPS) is 10.9. The highest BCUT2D eigenvalue weighted by molar-refractivity contribution is 7.94. The summed E-state index contributed by atoms with van der Waals surface area (Å²) in [5.41, 5.74) is 3.94. The average Bonchev–Trinajstić information content (AvgIpc) is 2.58. The molecule has 0 amide bonds. The van der Waals surface area contributed by atoms with Crippen molar-refractivity contribution in [1.82, 2.24) is 4.98 Å². The van der Waals surface area contributed by atoms with Crippen molar-refractivity contribution in [2.24, 2.45) is 0 Å². The van der Waals surface area contributed by atoms with Crippen LogP contribution < -0.4 is 5.48 Å². The molecule has 0 radical (unpaired) electrons. The van der Waals surface area contributed by atoms with Gasteiger partial charge in [-0.15, -0.1) is 4.33 Å². The zero-order valence-electron chi connectivity index (χ0n) is 13.1. The third-order valence-corrected chi connectivity index (χ3v) is 4.20. The monoisotopic (exact) mass is 344 g/mol. The smallest absolute Gasteiger partial charge is 0.195 e. The Hall–Kier alpha value is -2.48. The molecule has 3 aromatic rings. The number of aromatic hydroxyl groups is 2. The zero-order valence-corrected chi connectivity index (χ0v) is 13.9. The second-order valence-electron chi connectivity index (χ2n) is 5.22. The van der Waals surface area contributed by atoms with E-state index < -0.39 is 0 Å². The Balaban J connectivity index is 1.70. The maximum Gasteiger partial charge on any atom is 0.195 e. The number of nitrogens with zero attached hydrogens (tertiary/aromatic N) is 1. The lowest BCUT2D eigenvalue weighted by molar-refractivity contribution is -0.161. The molecule has 7 heteroatoms. The minimum atomic E-state index is -0.0415. The molecule has 3 N–H and O–H groups in total. The van der Waals surface area contributed by atoms with Crippen molar-refractivity contribution in [3.05, 3.63) is 53.7 Å². The number of rotatable bonds is 5. The number of phenolic OH excluding ortho intramolecular Hbond substituents is 1. The van der Waals surface area contributed by atoms with Crippen LogP contribution in [-0.2, 0) is 9.32 Å². The fourth-order valence-corrected chi connectivity index (χ4v) is 2.94. The van der Waals surface area contributed by atoms with Gasteiger partial charge in [0.2, 0.25) is 0 Å². The van der Waals surface area contributed by atoms with Gasteiger partial charge in [0.05, 0.1) is 12.0 Å². The molecule has 0 aliphatic rings. The first-order chi connectivity index (χ1) is 11.6. The molecule has 0 bridgehead atoms. The molecule has 0 spiro atoms. The first-order valence-electron chi connectivity index (χ1n) is 7.20. The summed E-state index contributed by atoms with van der Waals surface area (Å²) in [6.07, 6.45) is 0. The van der Waals surface area contributed by atoms with Gasteiger partial charge in [-0.25, -0.2) is 10.5 Å². The third-order valence-electron chi connectivity index (χ3n) is 3.55. The first kappa shape index (κ1) is 16.4. The highest BCUT2D eigenvalue weighted by Gasteiger charge is 2.09. The fourth-order valence-electron chi connectivity index (χ4n) is 2.31. The Bertz CT molecular complexity index is 886. The van der Waals surface area contributed by atoms with Crippen LogP contribution in [0.4, 0.5) is 5.82 Å². The van der Waals surface area contributed by atoms with Crippen LogP contribution in [0.3, 0.4) is 0 Å². The molecule has 1 heterocycles. The van der Waals surface area contributed by atoms with Gasteiger partial charge in [0.1, 0.15) is 5.75 Å². The maximum absolute atomic E-state index is 9.89. The Morgan fingerprint density at radius 2 is 1.79 bits per heavy atom. The van der Waals surface area contributed by atoms with Crippen molar-refractivity contribution in [3.63, 3.8) is 0 Å². The summed E-state index contributed by atoms with van der Waals surface area (Å²) in [6.45, 7) is 3.64. The lowest BCUT2D eigenvalue weighted by Crippen LogP contribution is -2.02. The lowest BCUT2D eigenvalue weighted by atomic mass is 10.0. The molecular formula is C17H16N2O4S. The maximum atomic E-state index is 9.89. The van der Waals surface area contributed by atoms with Crippen LogP contribution in [0, 0.1) is 13.8 Å². The predicted molar refractivity (Wildman–Crippen MR) is 92.6 cm³/mol. The van der Waals surface area contributed by atoms with E-state index in [1.807, 2.05) is 31.2 Å². The quantitative estimate of drug-likeness (QED) is 0.276. The SMILES string of the molecule is Cc1ccc(O)c(NOOSc2cccc3ccc(O)c(C)c23)n1. The van der Waals surface area contributed by atoms with E-state index in [1.165, 1.54) is 6.07 Å². The molecule has 0 unspecified atom stereocenters. The first-order valence-corrected chi connectivity index (χ1v) is 7.94. The van der Waals surface area contributed by atoms with Crippen LogP contribution in [0.1, 0.15) is 11.3 Å². The largest absolute Gasteiger partial charge is 0.508 e. The van der Waals surface area contributed by atoms with Crippen LogP contribution in [0.5, 0.6) is 11.5 Å². The molecule has 0 saturated carbocycles. The van der Waals surface area contributed by atoms with Crippen molar-refractivity contribution in [3.8, 4) is 11.5 Å². The number of pyridine rings is 1. The van der Waals surface area contributed by atoms with E-state index in [1.54, 1.807) is 19.1 Å². The summed E-state index contributed by atoms with van der Waals surface area (Å²) in [7, 11) is 0. The molecule has 0 saturated heterocycles. The summed E-state index contributed by atoms with van der Waals surface area (Å²) in [4.78, 5) is 9.79. The van der Waals surface area contributed by atoms with E-state index >= 15 is 0 Å². The molecular weight excluding hydrogens is 328 g/mol. The topological polar surface area (TPSA) is 83.8 Å². The number of aryl methyl sites for hydroxylation is 2. The molecule has 6 nitrogen and oxygen atoms in total. The second-order valence-corrected chi connectivity index (χ2v) is 5.96. The summed E-state index contributed by atoms with van der Waals surface area (Å²) in [6, 6.07) is 12.4. The average molecular weight is 344 g/mol. The molecule has 0 aliphatic heterocycles. The molecule has 124 valence electrons. The molecule has 3 rings (SSSR count). The van der Waals surface area contributed by atoms with Crippen molar-refractivity contribution in [1.29, 1.82) is 0 Å². The molecule has 0 aliphatic carbocycles. The lowest BCUT2D eigenvalue weighted by Gasteiger charge is -2.10. The number of hydrogen-bond donors (Lipinski definition) is 3. The second kappa shape index (κ2) is 6.96. The Kier molecular flexibility index (Phi) is 4.75. The van der Waals surface area contributed by atoms with Crippen LogP contribution in [0.25, 0.3) is 10.8 Å². The molecule has 2 aromatic carbocycles. The van der Waals surface area contributed by atoms with Crippen molar-refractivity contribution < 1.29 is 19.5 Å². The summed E-state index contributed by atoms with van der Waals surface area (Å²) < 4.78 is 5.09. The number of phenols is 1. The molecule has 1 aromatic heterocycles. The Morgan fingerprint density at radius 3 is 2.62 bits per heavy atom. The van der Waals surface area contributed by atoms with Gasteiger partial charge >= 0.3 is 0 Å². The van der Waals surface area contributed by atoms with Crippen LogP contribution >= 0.6 is 12.0 Å². The van der Waals surface area contributed by atoms with E-state index in [0.29, 0.717) is 0 Å². The molecule has 0 fully saturated rings. The minimum Gasteiger partial charge on any atom is -0.508 e. The number of nitrogens with one attached hydrogen (secondary N) is 1. The van der Waals surface area contributed by atoms with E-state index in [2.05, 4.69) is 10.5 Å². The van der Waals surface area contributed by atoms with Crippen LogP contribution in [0.15, 0.2) is 47.4 Å². The molecule has 24 heavy (non-hydrogen) atoms. The van der Waals surface area contributed by atoms with Gasteiger partial charge in [-0.3, -0.25) is 0 Å². The number of anilines is 1. The van der Waals surface area contributed by atoms with E-state index in [4.69, 9.17) is 9.32 Å². The number of benzene rings is 2. The van der Waals surface area contributed by atoms with Gasteiger partial charge in [0, 0.05) is 16.0 Å². The summed E-state index contributed by atoms with van der Waals surface area (Å²) in [5, 5.41) is 21.4. The van der Waals surface area contributed by atoms with E-state index in [0.717, 1.165) is 39.0 Å². The molecule has 0 atom stereocenters. The van der Waals surface area contributed by atoms with Crippen molar-refractivity contribution in [2.75, 3.05) is 5.48 Å². The zero-order chi connectivity index (χ0) is 17.1.